The number of benzene rings is 1. The minimum absolute atomic E-state index is 0.104. The van der Waals surface area contributed by atoms with Crippen LogP contribution in [0.3, 0.4) is 0 Å². The predicted molar refractivity (Wildman–Crippen MR) is 78.8 cm³/mol. The summed E-state index contributed by atoms with van der Waals surface area (Å²) in [5.41, 5.74) is 2.49. The fourth-order valence-corrected chi connectivity index (χ4v) is 1.89. The Morgan fingerprint density at radius 1 is 1.15 bits per heavy atom. The predicted octanol–water partition coefficient (Wildman–Crippen LogP) is 2.90. The molecule has 104 valence electrons. The number of carbonyl (C=O) groups is 1. The first kappa shape index (κ1) is 14.1. The molecular weight excluding hydrogens is 252 g/mol. The Morgan fingerprint density at radius 2 is 1.90 bits per heavy atom. The molecule has 4 nitrogen and oxygen atoms in total. The van der Waals surface area contributed by atoms with Crippen molar-refractivity contribution in [1.82, 2.24) is 10.3 Å². The van der Waals surface area contributed by atoms with Gasteiger partial charge in [0.05, 0.1) is 12.2 Å². The number of nitrogens with one attached hydrogen (secondary N) is 1. The zero-order valence-corrected chi connectivity index (χ0v) is 11.7. The number of ether oxygens (including phenoxy) is 1. The van der Waals surface area contributed by atoms with E-state index in [0.717, 1.165) is 16.9 Å². The number of rotatable bonds is 5. The summed E-state index contributed by atoms with van der Waals surface area (Å²) >= 11 is 0. The van der Waals surface area contributed by atoms with Crippen LogP contribution in [0, 0.1) is 0 Å². The second-order valence-corrected chi connectivity index (χ2v) is 4.28. The highest BCUT2D eigenvalue weighted by atomic mass is 16.5. The van der Waals surface area contributed by atoms with Crippen molar-refractivity contribution in [3.05, 3.63) is 48.3 Å². The number of aromatic nitrogens is 1. The lowest BCUT2D eigenvalue weighted by atomic mass is 10.1. The average molecular weight is 270 g/mol. The van der Waals surface area contributed by atoms with Crippen LogP contribution in [0.2, 0.25) is 0 Å². The molecule has 0 fully saturated rings. The van der Waals surface area contributed by atoms with Crippen molar-refractivity contribution in [2.75, 3.05) is 13.2 Å². The Bertz CT molecular complexity index is 579. The number of hydrogen-bond acceptors (Lipinski definition) is 3. The molecule has 0 spiro atoms. The van der Waals surface area contributed by atoms with Gasteiger partial charge in [0.25, 0.3) is 5.91 Å². The first-order valence-corrected chi connectivity index (χ1v) is 6.71. The van der Waals surface area contributed by atoms with Crippen LogP contribution in [0.5, 0.6) is 5.75 Å². The van der Waals surface area contributed by atoms with Crippen LogP contribution in [-0.4, -0.2) is 24.0 Å². The molecule has 1 aromatic heterocycles. The van der Waals surface area contributed by atoms with Gasteiger partial charge in [-0.2, -0.15) is 0 Å². The van der Waals surface area contributed by atoms with E-state index in [0.29, 0.717) is 18.7 Å². The topological polar surface area (TPSA) is 51.2 Å². The molecule has 2 rings (SSSR count). The third-order valence-electron chi connectivity index (χ3n) is 2.84. The molecule has 1 amide bonds. The Labute approximate surface area is 118 Å². The maximum Gasteiger partial charge on any atom is 0.252 e. The van der Waals surface area contributed by atoms with E-state index in [9.17, 15) is 4.79 Å². The molecule has 0 unspecified atom stereocenters. The van der Waals surface area contributed by atoms with E-state index in [1.54, 1.807) is 12.4 Å². The van der Waals surface area contributed by atoms with Gasteiger partial charge in [-0.3, -0.25) is 9.78 Å². The Kier molecular flexibility index (Phi) is 4.71. The summed E-state index contributed by atoms with van der Waals surface area (Å²) in [7, 11) is 0. The van der Waals surface area contributed by atoms with Crippen LogP contribution < -0.4 is 10.1 Å². The van der Waals surface area contributed by atoms with Crippen molar-refractivity contribution in [2.45, 2.75) is 13.8 Å². The lowest BCUT2D eigenvalue weighted by Gasteiger charge is -2.07. The smallest absolute Gasteiger partial charge is 0.252 e. The molecule has 1 N–H and O–H groups in total. The van der Waals surface area contributed by atoms with Crippen molar-refractivity contribution in [2.24, 2.45) is 0 Å². The summed E-state index contributed by atoms with van der Waals surface area (Å²) < 4.78 is 5.41. The van der Waals surface area contributed by atoms with Gasteiger partial charge in [-0.05, 0) is 37.6 Å². The van der Waals surface area contributed by atoms with Crippen molar-refractivity contribution < 1.29 is 9.53 Å². The summed E-state index contributed by atoms with van der Waals surface area (Å²) in [6, 6.07) is 9.59. The molecule has 0 radical (unpaired) electrons. The maximum absolute atomic E-state index is 11.8. The Hall–Kier alpha value is -2.36. The van der Waals surface area contributed by atoms with Crippen molar-refractivity contribution in [3.63, 3.8) is 0 Å². The summed E-state index contributed by atoms with van der Waals surface area (Å²) in [6.45, 7) is 5.09. The normalized spacial score (nSPS) is 10.1. The molecule has 0 bridgehead atoms. The molecule has 0 atom stereocenters. The minimum atomic E-state index is -0.104. The summed E-state index contributed by atoms with van der Waals surface area (Å²) in [4.78, 5) is 15.9. The highest BCUT2D eigenvalue weighted by molar-refractivity contribution is 5.95. The second-order valence-electron chi connectivity index (χ2n) is 4.28. The molecule has 2 aromatic rings. The van der Waals surface area contributed by atoms with Crippen LogP contribution in [0.4, 0.5) is 0 Å². The van der Waals surface area contributed by atoms with Crippen molar-refractivity contribution >= 4 is 5.91 Å². The van der Waals surface area contributed by atoms with Gasteiger partial charge in [-0.25, -0.2) is 0 Å². The quantitative estimate of drug-likeness (QED) is 0.909. The largest absolute Gasteiger partial charge is 0.494 e. The van der Waals surface area contributed by atoms with Crippen molar-refractivity contribution in [3.8, 4) is 16.9 Å². The average Bonchev–Trinajstić information content (AvgIpc) is 2.49. The fourth-order valence-electron chi connectivity index (χ4n) is 1.89. The number of pyridine rings is 1. The molecule has 0 aliphatic carbocycles. The van der Waals surface area contributed by atoms with E-state index >= 15 is 0 Å². The summed E-state index contributed by atoms with van der Waals surface area (Å²) in [6.07, 6.45) is 3.32. The second kappa shape index (κ2) is 6.70. The van der Waals surface area contributed by atoms with Gasteiger partial charge < -0.3 is 10.1 Å². The van der Waals surface area contributed by atoms with E-state index in [4.69, 9.17) is 4.74 Å². The monoisotopic (exact) mass is 270 g/mol. The van der Waals surface area contributed by atoms with Gasteiger partial charge >= 0.3 is 0 Å². The fraction of sp³-hybridized carbons (Fsp3) is 0.250. The minimum Gasteiger partial charge on any atom is -0.494 e. The van der Waals surface area contributed by atoms with Crippen molar-refractivity contribution in [1.29, 1.82) is 0 Å². The van der Waals surface area contributed by atoms with E-state index in [2.05, 4.69) is 10.3 Å². The zero-order chi connectivity index (χ0) is 14.4. The first-order chi connectivity index (χ1) is 9.74. The van der Waals surface area contributed by atoms with Gasteiger partial charge in [0.1, 0.15) is 5.75 Å². The molecule has 1 aromatic carbocycles. The van der Waals surface area contributed by atoms with Crippen LogP contribution in [0.25, 0.3) is 11.1 Å². The third-order valence-corrected chi connectivity index (χ3v) is 2.84. The molecule has 0 saturated carbocycles. The molecule has 0 aliphatic heterocycles. The molecule has 20 heavy (non-hydrogen) atoms. The number of amides is 1. The highest BCUT2D eigenvalue weighted by Crippen LogP contribution is 2.22. The summed E-state index contributed by atoms with van der Waals surface area (Å²) in [5, 5.41) is 2.77. The number of hydrogen-bond donors (Lipinski definition) is 1. The van der Waals surface area contributed by atoms with Gasteiger partial charge in [0.15, 0.2) is 0 Å². The molecule has 1 heterocycles. The number of nitrogens with zero attached hydrogens (tertiary/aromatic N) is 1. The SMILES string of the molecule is CCNC(=O)c1cncc(-c2ccc(OCC)cc2)c1. The van der Waals surface area contributed by atoms with E-state index in [1.807, 2.05) is 44.2 Å². The van der Waals surface area contributed by atoms with Gasteiger partial charge in [-0.15, -0.1) is 0 Å². The van der Waals surface area contributed by atoms with Crippen LogP contribution in [0.1, 0.15) is 24.2 Å². The Balaban J connectivity index is 2.24. The summed E-state index contributed by atoms with van der Waals surface area (Å²) in [5.74, 6) is 0.733. The Morgan fingerprint density at radius 3 is 2.55 bits per heavy atom. The number of carbonyl (C=O) groups excluding carboxylic acids is 1. The third kappa shape index (κ3) is 3.35. The van der Waals surface area contributed by atoms with Crippen LogP contribution >= 0.6 is 0 Å². The zero-order valence-electron chi connectivity index (χ0n) is 11.7. The molecule has 0 saturated heterocycles. The van der Waals surface area contributed by atoms with Gasteiger partial charge in [0.2, 0.25) is 0 Å². The van der Waals surface area contributed by atoms with Gasteiger partial charge in [0, 0.05) is 24.5 Å². The van der Waals surface area contributed by atoms with E-state index in [1.165, 1.54) is 0 Å². The van der Waals surface area contributed by atoms with Gasteiger partial charge in [-0.1, -0.05) is 12.1 Å². The van der Waals surface area contributed by atoms with E-state index < -0.39 is 0 Å². The first-order valence-electron chi connectivity index (χ1n) is 6.71. The standard InChI is InChI=1S/C16H18N2O2/c1-3-18-16(19)14-9-13(10-17-11-14)12-5-7-15(8-6-12)20-4-2/h5-11H,3-4H2,1-2H3,(H,18,19). The molecular formula is C16H18N2O2. The molecule has 0 aliphatic rings. The van der Waals surface area contributed by atoms with Crippen LogP contribution in [-0.2, 0) is 0 Å². The highest BCUT2D eigenvalue weighted by Gasteiger charge is 2.07. The lowest BCUT2D eigenvalue weighted by Crippen LogP contribution is -2.22. The molecule has 4 heteroatoms. The van der Waals surface area contributed by atoms with Crippen LogP contribution in [0.15, 0.2) is 42.7 Å². The lowest BCUT2D eigenvalue weighted by molar-refractivity contribution is 0.0955. The van der Waals surface area contributed by atoms with E-state index in [-0.39, 0.29) is 5.91 Å². The maximum atomic E-state index is 11.8.